The van der Waals surface area contributed by atoms with Crippen LogP contribution >= 0.6 is 0 Å². The Morgan fingerprint density at radius 3 is 1.00 bits per heavy atom. The summed E-state index contributed by atoms with van der Waals surface area (Å²) in [6.07, 6.45) is 73.8. The van der Waals surface area contributed by atoms with E-state index in [-0.39, 0.29) is 18.5 Å². The van der Waals surface area contributed by atoms with E-state index < -0.39 is 12.1 Å². The molecule has 0 radical (unpaired) electrons. The lowest BCUT2D eigenvalue weighted by Gasteiger charge is -2.22. The molecule has 0 aromatic carbocycles. The summed E-state index contributed by atoms with van der Waals surface area (Å²) in [6.45, 7) is 4.97. The molecule has 422 valence electrons. The normalized spacial score (nSPS) is 12.6. The lowest BCUT2D eigenvalue weighted by Crippen LogP contribution is -2.45. The van der Waals surface area contributed by atoms with Crippen LogP contribution in [0.25, 0.3) is 0 Å². The molecule has 0 aliphatic heterocycles. The van der Waals surface area contributed by atoms with Gasteiger partial charge in [-0.2, -0.15) is 0 Å². The van der Waals surface area contributed by atoms with Gasteiger partial charge in [0.05, 0.1) is 25.4 Å². The van der Waals surface area contributed by atoms with Crippen molar-refractivity contribution in [2.75, 3.05) is 13.2 Å². The Morgan fingerprint density at radius 2 is 0.662 bits per heavy atom. The minimum atomic E-state index is -0.661. The Bertz CT molecular complexity index is 1060. The first-order valence-electron chi connectivity index (χ1n) is 32.4. The van der Waals surface area contributed by atoms with Gasteiger partial charge in [0.15, 0.2) is 0 Å². The predicted molar refractivity (Wildman–Crippen MR) is 310 cm³/mol. The molecular weight excluding hydrogens is 875 g/mol. The Balaban J connectivity index is 3.32. The molecule has 0 spiro atoms. The van der Waals surface area contributed by atoms with Crippen molar-refractivity contribution in [1.82, 2.24) is 5.32 Å². The zero-order valence-corrected chi connectivity index (χ0v) is 48.2. The van der Waals surface area contributed by atoms with Gasteiger partial charge in [-0.05, 0) is 51.4 Å². The number of aliphatic hydroxyl groups is 2. The van der Waals surface area contributed by atoms with E-state index in [9.17, 15) is 19.8 Å². The van der Waals surface area contributed by atoms with Crippen LogP contribution < -0.4 is 5.32 Å². The average Bonchev–Trinajstić information content (AvgIpc) is 3.37. The first-order chi connectivity index (χ1) is 35.0. The summed E-state index contributed by atoms with van der Waals surface area (Å²) in [5.41, 5.74) is 0. The Labute approximate surface area is 444 Å². The maximum absolute atomic E-state index is 12.5. The molecule has 0 saturated carbocycles. The number of nitrogens with one attached hydrogen (secondary N) is 1. The van der Waals surface area contributed by atoms with Gasteiger partial charge in [0.25, 0.3) is 0 Å². The lowest BCUT2D eigenvalue weighted by molar-refractivity contribution is -0.143. The Hall–Kier alpha value is -1.40. The minimum Gasteiger partial charge on any atom is -0.466 e. The summed E-state index contributed by atoms with van der Waals surface area (Å²) in [5, 5.41) is 23.2. The number of hydrogen-bond acceptors (Lipinski definition) is 5. The molecule has 0 aliphatic carbocycles. The van der Waals surface area contributed by atoms with Crippen molar-refractivity contribution >= 4 is 11.9 Å². The molecule has 0 aliphatic rings. The largest absolute Gasteiger partial charge is 0.466 e. The fourth-order valence-corrected chi connectivity index (χ4v) is 10.3. The molecule has 0 rings (SSSR count). The Kier molecular flexibility index (Phi) is 59.9. The van der Waals surface area contributed by atoms with Gasteiger partial charge in [-0.25, -0.2) is 0 Å². The number of allylic oxidation sites excluding steroid dienone is 2. The monoisotopic (exact) mass is 1000 g/mol. The molecule has 3 N–H and O–H groups in total. The zero-order valence-electron chi connectivity index (χ0n) is 48.2. The third-order valence-corrected chi connectivity index (χ3v) is 15.3. The standard InChI is InChI=1S/C65H127NO5/c1-3-5-7-9-11-13-15-16-17-18-25-29-32-35-39-43-47-51-55-59-65(70)71-60-56-52-48-44-40-36-33-30-27-24-22-20-19-21-23-26-28-31-34-38-42-46-50-54-58-64(69)66-62(61-67)63(68)57-53-49-45-41-37-14-12-10-8-6-4-2/h16-17,62-63,67-68H,3-15,18-61H2,1-2H3,(H,66,69)/b17-16-. The Morgan fingerprint density at radius 1 is 0.380 bits per heavy atom. The third-order valence-electron chi connectivity index (χ3n) is 15.3. The number of aliphatic hydroxyl groups excluding tert-OH is 2. The van der Waals surface area contributed by atoms with Gasteiger partial charge >= 0.3 is 5.97 Å². The van der Waals surface area contributed by atoms with Crippen molar-refractivity contribution in [3.05, 3.63) is 12.2 Å². The number of ether oxygens (including phenoxy) is 1. The molecule has 0 saturated heterocycles. The van der Waals surface area contributed by atoms with Crippen LogP contribution in [0.1, 0.15) is 367 Å². The SMILES string of the molecule is CCCCCCCC/C=C\CCCCCCCCCCCC(=O)OCCCCCCCCCCCCCCCCCCCCCCCCCCC(=O)NC(CO)C(O)CCCCCCCCCCCCC. The number of rotatable bonds is 61. The van der Waals surface area contributed by atoms with Gasteiger partial charge in [0, 0.05) is 12.8 Å². The fourth-order valence-electron chi connectivity index (χ4n) is 10.3. The second kappa shape index (κ2) is 61.1. The van der Waals surface area contributed by atoms with E-state index in [1.807, 2.05) is 0 Å². The topological polar surface area (TPSA) is 95.9 Å². The number of hydrogen-bond donors (Lipinski definition) is 3. The molecule has 0 bridgehead atoms. The van der Waals surface area contributed by atoms with E-state index in [4.69, 9.17) is 4.74 Å². The summed E-state index contributed by atoms with van der Waals surface area (Å²) in [7, 11) is 0. The predicted octanol–water partition coefficient (Wildman–Crippen LogP) is 20.4. The quantitative estimate of drug-likeness (QED) is 0.0320. The van der Waals surface area contributed by atoms with Crippen LogP contribution in [0.5, 0.6) is 0 Å². The van der Waals surface area contributed by atoms with Gasteiger partial charge in [-0.1, -0.05) is 315 Å². The summed E-state index contributed by atoms with van der Waals surface area (Å²) in [6, 6.07) is -0.538. The van der Waals surface area contributed by atoms with E-state index in [1.54, 1.807) is 0 Å². The second-order valence-electron chi connectivity index (χ2n) is 22.5. The van der Waals surface area contributed by atoms with Gasteiger partial charge in [0.1, 0.15) is 0 Å². The molecule has 71 heavy (non-hydrogen) atoms. The summed E-state index contributed by atoms with van der Waals surface area (Å²) in [4.78, 5) is 24.6. The highest BCUT2D eigenvalue weighted by Crippen LogP contribution is 2.18. The molecule has 0 fully saturated rings. The van der Waals surface area contributed by atoms with E-state index >= 15 is 0 Å². The molecule has 2 atom stereocenters. The zero-order chi connectivity index (χ0) is 51.4. The number of amides is 1. The van der Waals surface area contributed by atoms with Gasteiger partial charge in [0.2, 0.25) is 5.91 Å². The van der Waals surface area contributed by atoms with Crippen molar-refractivity contribution in [3.63, 3.8) is 0 Å². The average molecular weight is 1000 g/mol. The van der Waals surface area contributed by atoms with E-state index in [0.717, 1.165) is 38.5 Å². The summed E-state index contributed by atoms with van der Waals surface area (Å²) in [5.74, 6) is -0.0173. The summed E-state index contributed by atoms with van der Waals surface area (Å²) < 4.78 is 5.51. The fraction of sp³-hybridized carbons (Fsp3) is 0.938. The minimum absolute atomic E-state index is 0.0158. The van der Waals surface area contributed by atoms with Crippen molar-refractivity contribution in [3.8, 4) is 0 Å². The van der Waals surface area contributed by atoms with Gasteiger partial charge < -0.3 is 20.3 Å². The van der Waals surface area contributed by atoms with Gasteiger partial charge in [-0.3, -0.25) is 9.59 Å². The van der Waals surface area contributed by atoms with E-state index in [1.165, 1.54) is 295 Å². The molecule has 2 unspecified atom stereocenters. The second-order valence-corrected chi connectivity index (χ2v) is 22.5. The maximum Gasteiger partial charge on any atom is 0.305 e. The van der Waals surface area contributed by atoms with Crippen LogP contribution in [-0.2, 0) is 14.3 Å². The third kappa shape index (κ3) is 57.7. The molecule has 0 aromatic rings. The van der Waals surface area contributed by atoms with E-state index in [2.05, 4.69) is 31.3 Å². The van der Waals surface area contributed by atoms with Crippen molar-refractivity contribution in [2.24, 2.45) is 0 Å². The number of carbonyl (C=O) groups is 2. The van der Waals surface area contributed by atoms with Crippen LogP contribution in [0.3, 0.4) is 0 Å². The molecule has 0 heterocycles. The summed E-state index contributed by atoms with van der Waals surface area (Å²) >= 11 is 0. The highest BCUT2D eigenvalue weighted by Gasteiger charge is 2.20. The van der Waals surface area contributed by atoms with Crippen molar-refractivity contribution in [1.29, 1.82) is 0 Å². The molecular formula is C65H127NO5. The van der Waals surface area contributed by atoms with Crippen LogP contribution in [0, 0.1) is 0 Å². The van der Waals surface area contributed by atoms with Crippen LogP contribution in [0.2, 0.25) is 0 Å². The number of esters is 1. The first kappa shape index (κ1) is 69.6. The first-order valence-corrected chi connectivity index (χ1v) is 32.4. The number of unbranched alkanes of at least 4 members (excludes halogenated alkanes) is 48. The van der Waals surface area contributed by atoms with Gasteiger partial charge in [-0.15, -0.1) is 0 Å². The van der Waals surface area contributed by atoms with E-state index in [0.29, 0.717) is 25.9 Å². The highest BCUT2D eigenvalue weighted by molar-refractivity contribution is 5.76. The highest BCUT2D eigenvalue weighted by atomic mass is 16.5. The molecule has 0 aromatic heterocycles. The van der Waals surface area contributed by atoms with Crippen LogP contribution in [-0.4, -0.2) is 47.4 Å². The molecule has 6 nitrogen and oxygen atoms in total. The van der Waals surface area contributed by atoms with Crippen LogP contribution in [0.15, 0.2) is 12.2 Å². The number of carbonyl (C=O) groups excluding carboxylic acids is 2. The maximum atomic E-state index is 12.5. The van der Waals surface area contributed by atoms with Crippen LogP contribution in [0.4, 0.5) is 0 Å². The molecule has 1 amide bonds. The molecule has 6 heteroatoms. The van der Waals surface area contributed by atoms with Crippen molar-refractivity contribution < 1.29 is 24.5 Å². The van der Waals surface area contributed by atoms with Crippen molar-refractivity contribution in [2.45, 2.75) is 379 Å². The lowest BCUT2D eigenvalue weighted by atomic mass is 10.0. The smallest absolute Gasteiger partial charge is 0.305 e.